The van der Waals surface area contributed by atoms with Crippen LogP contribution in [0, 0.1) is 6.92 Å². The van der Waals surface area contributed by atoms with Crippen molar-refractivity contribution in [1.29, 1.82) is 0 Å². The number of carbonyl (C=O) groups excluding carboxylic acids is 1. The van der Waals surface area contributed by atoms with E-state index in [9.17, 15) is 4.79 Å². The van der Waals surface area contributed by atoms with Gasteiger partial charge in [-0.1, -0.05) is 35.5 Å². The molecule has 0 saturated carbocycles. The predicted octanol–water partition coefficient (Wildman–Crippen LogP) is 2.96. The quantitative estimate of drug-likeness (QED) is 0.705. The Kier molecular flexibility index (Phi) is 4.86. The average Bonchev–Trinajstić information content (AvgIpc) is 3.00. The lowest BCUT2D eigenvalue weighted by Gasteiger charge is -2.08. The average molecular weight is 325 g/mol. The first kappa shape index (κ1) is 16.1. The number of carbonyl (C=O) groups is 1. The molecule has 0 spiro atoms. The highest BCUT2D eigenvalue weighted by molar-refractivity contribution is 6.06. The van der Waals surface area contributed by atoms with Crippen LogP contribution in [-0.4, -0.2) is 36.3 Å². The van der Waals surface area contributed by atoms with Crippen LogP contribution in [0.3, 0.4) is 0 Å². The molecule has 0 aliphatic carbocycles. The minimum absolute atomic E-state index is 0.165. The molecule has 6 heteroatoms. The minimum atomic E-state index is -0.165. The number of amides is 1. The van der Waals surface area contributed by atoms with E-state index in [1.54, 1.807) is 20.1 Å². The van der Waals surface area contributed by atoms with Gasteiger partial charge in [-0.05, 0) is 19.4 Å². The summed E-state index contributed by atoms with van der Waals surface area (Å²) in [5.41, 5.74) is 3.15. The first-order valence-electron chi connectivity index (χ1n) is 7.80. The van der Waals surface area contributed by atoms with Gasteiger partial charge in [0.05, 0.1) is 22.3 Å². The van der Waals surface area contributed by atoms with Crippen LogP contribution in [0.4, 0.5) is 0 Å². The lowest BCUT2D eigenvalue weighted by atomic mass is 10.1. The SMILES string of the molecule is COCCCNC(=O)c1cc(-c2ccccc2)nc2onc(C)c12. The van der Waals surface area contributed by atoms with E-state index in [2.05, 4.69) is 15.5 Å². The topological polar surface area (TPSA) is 77.2 Å². The van der Waals surface area contributed by atoms with Crippen molar-refractivity contribution in [2.24, 2.45) is 0 Å². The molecule has 24 heavy (non-hydrogen) atoms. The second kappa shape index (κ2) is 7.23. The molecule has 1 amide bonds. The Morgan fingerprint density at radius 2 is 2.08 bits per heavy atom. The van der Waals surface area contributed by atoms with Gasteiger partial charge in [-0.25, -0.2) is 4.98 Å². The predicted molar refractivity (Wildman–Crippen MR) is 90.8 cm³/mol. The van der Waals surface area contributed by atoms with Crippen LogP contribution in [-0.2, 0) is 4.74 Å². The van der Waals surface area contributed by atoms with E-state index in [1.807, 2.05) is 30.3 Å². The highest BCUT2D eigenvalue weighted by atomic mass is 16.5. The van der Waals surface area contributed by atoms with Crippen molar-refractivity contribution in [1.82, 2.24) is 15.5 Å². The van der Waals surface area contributed by atoms with E-state index in [4.69, 9.17) is 9.26 Å². The van der Waals surface area contributed by atoms with Gasteiger partial charge in [0.2, 0.25) is 0 Å². The van der Waals surface area contributed by atoms with E-state index >= 15 is 0 Å². The Labute approximate surface area is 139 Å². The van der Waals surface area contributed by atoms with Crippen molar-refractivity contribution in [3.8, 4) is 11.3 Å². The fourth-order valence-corrected chi connectivity index (χ4v) is 2.54. The molecule has 0 saturated heterocycles. The smallest absolute Gasteiger partial charge is 0.259 e. The number of pyridine rings is 1. The summed E-state index contributed by atoms with van der Waals surface area (Å²) in [6.45, 7) is 2.95. The summed E-state index contributed by atoms with van der Waals surface area (Å²) in [4.78, 5) is 17.1. The van der Waals surface area contributed by atoms with Crippen LogP contribution in [0.15, 0.2) is 40.9 Å². The zero-order valence-corrected chi connectivity index (χ0v) is 13.7. The third-order valence-corrected chi connectivity index (χ3v) is 3.74. The van der Waals surface area contributed by atoms with E-state index in [0.29, 0.717) is 41.2 Å². The number of aryl methyl sites for hydroxylation is 1. The monoisotopic (exact) mass is 325 g/mol. The number of nitrogens with one attached hydrogen (secondary N) is 1. The Morgan fingerprint density at radius 1 is 1.29 bits per heavy atom. The normalized spacial score (nSPS) is 10.9. The molecule has 124 valence electrons. The number of benzene rings is 1. The summed E-state index contributed by atoms with van der Waals surface area (Å²) >= 11 is 0. The highest BCUT2D eigenvalue weighted by Crippen LogP contribution is 2.26. The van der Waals surface area contributed by atoms with Crippen molar-refractivity contribution < 1.29 is 14.1 Å². The largest absolute Gasteiger partial charge is 0.385 e. The maximum absolute atomic E-state index is 12.6. The molecule has 0 fully saturated rings. The third kappa shape index (κ3) is 3.28. The summed E-state index contributed by atoms with van der Waals surface area (Å²) < 4.78 is 10.3. The molecule has 0 atom stereocenters. The number of methoxy groups -OCH3 is 1. The molecule has 0 aliphatic rings. The van der Waals surface area contributed by atoms with Gasteiger partial charge in [-0.15, -0.1) is 0 Å². The molecule has 2 heterocycles. The first-order chi connectivity index (χ1) is 11.7. The van der Waals surface area contributed by atoms with E-state index < -0.39 is 0 Å². The van der Waals surface area contributed by atoms with Crippen molar-refractivity contribution in [2.75, 3.05) is 20.3 Å². The van der Waals surface area contributed by atoms with Gasteiger partial charge in [0.25, 0.3) is 11.6 Å². The lowest BCUT2D eigenvalue weighted by molar-refractivity contribution is 0.0950. The zero-order valence-electron chi connectivity index (χ0n) is 13.7. The molecule has 6 nitrogen and oxygen atoms in total. The lowest BCUT2D eigenvalue weighted by Crippen LogP contribution is -2.25. The second-order valence-electron chi connectivity index (χ2n) is 5.47. The number of hydrogen-bond donors (Lipinski definition) is 1. The molecule has 0 unspecified atom stereocenters. The number of fused-ring (bicyclic) bond motifs is 1. The van der Waals surface area contributed by atoms with Crippen molar-refractivity contribution in [2.45, 2.75) is 13.3 Å². The molecular weight excluding hydrogens is 306 g/mol. The first-order valence-corrected chi connectivity index (χ1v) is 7.80. The van der Waals surface area contributed by atoms with Crippen LogP contribution in [0.2, 0.25) is 0 Å². The van der Waals surface area contributed by atoms with Crippen LogP contribution >= 0.6 is 0 Å². The number of nitrogens with zero attached hydrogens (tertiary/aromatic N) is 2. The van der Waals surface area contributed by atoms with Crippen molar-refractivity contribution in [3.05, 3.63) is 47.7 Å². The van der Waals surface area contributed by atoms with Gasteiger partial charge in [-0.3, -0.25) is 4.79 Å². The van der Waals surface area contributed by atoms with Crippen LogP contribution in [0.25, 0.3) is 22.4 Å². The third-order valence-electron chi connectivity index (χ3n) is 3.74. The second-order valence-corrected chi connectivity index (χ2v) is 5.47. The fourth-order valence-electron chi connectivity index (χ4n) is 2.54. The van der Waals surface area contributed by atoms with E-state index in [1.165, 1.54) is 0 Å². The van der Waals surface area contributed by atoms with Crippen LogP contribution < -0.4 is 5.32 Å². The zero-order chi connectivity index (χ0) is 16.9. The maximum atomic E-state index is 12.6. The van der Waals surface area contributed by atoms with Gasteiger partial charge < -0.3 is 14.6 Å². The Hall–Kier alpha value is -2.73. The van der Waals surface area contributed by atoms with Gasteiger partial charge in [-0.2, -0.15) is 0 Å². The Bertz CT molecular complexity index is 843. The summed E-state index contributed by atoms with van der Waals surface area (Å²) in [6, 6.07) is 11.5. The van der Waals surface area contributed by atoms with E-state index in [0.717, 1.165) is 12.0 Å². The van der Waals surface area contributed by atoms with Gasteiger partial charge in [0, 0.05) is 25.8 Å². The molecule has 0 aliphatic heterocycles. The Balaban J connectivity index is 1.98. The molecule has 0 bridgehead atoms. The number of aromatic nitrogens is 2. The minimum Gasteiger partial charge on any atom is -0.385 e. The molecular formula is C18H19N3O3. The molecule has 2 aromatic heterocycles. The summed E-state index contributed by atoms with van der Waals surface area (Å²) in [7, 11) is 1.64. The summed E-state index contributed by atoms with van der Waals surface area (Å²) in [5, 5.41) is 7.50. The summed E-state index contributed by atoms with van der Waals surface area (Å²) in [5.74, 6) is -0.165. The standard InChI is InChI=1S/C18H19N3O3/c1-12-16-14(17(22)19-9-6-10-23-2)11-15(20-18(16)24-21-12)13-7-4-3-5-8-13/h3-5,7-8,11H,6,9-10H2,1-2H3,(H,19,22). The number of ether oxygens (including phenoxy) is 1. The Morgan fingerprint density at radius 3 is 2.83 bits per heavy atom. The fraction of sp³-hybridized carbons (Fsp3) is 0.278. The van der Waals surface area contributed by atoms with Gasteiger partial charge >= 0.3 is 0 Å². The molecule has 0 radical (unpaired) electrons. The number of rotatable bonds is 6. The molecule has 3 aromatic rings. The van der Waals surface area contributed by atoms with E-state index in [-0.39, 0.29) is 5.91 Å². The molecule has 1 aromatic carbocycles. The van der Waals surface area contributed by atoms with Crippen LogP contribution in [0.1, 0.15) is 22.5 Å². The highest BCUT2D eigenvalue weighted by Gasteiger charge is 2.19. The van der Waals surface area contributed by atoms with Crippen molar-refractivity contribution >= 4 is 17.0 Å². The molecule has 1 N–H and O–H groups in total. The summed E-state index contributed by atoms with van der Waals surface area (Å²) in [6.07, 6.45) is 0.755. The van der Waals surface area contributed by atoms with Crippen LogP contribution in [0.5, 0.6) is 0 Å². The molecule has 3 rings (SSSR count). The number of hydrogen-bond acceptors (Lipinski definition) is 5. The van der Waals surface area contributed by atoms with Gasteiger partial charge in [0.15, 0.2) is 0 Å². The van der Waals surface area contributed by atoms with Crippen molar-refractivity contribution in [3.63, 3.8) is 0 Å². The maximum Gasteiger partial charge on any atom is 0.259 e. The van der Waals surface area contributed by atoms with Gasteiger partial charge in [0.1, 0.15) is 0 Å².